The molecule has 1 aliphatic rings. The van der Waals surface area contributed by atoms with Crippen LogP contribution in [-0.4, -0.2) is 35.2 Å². The Morgan fingerprint density at radius 2 is 2.16 bits per heavy atom. The van der Waals surface area contributed by atoms with E-state index in [-0.39, 0.29) is 11.4 Å². The first-order chi connectivity index (χ1) is 12.1. The summed E-state index contributed by atoms with van der Waals surface area (Å²) in [6.45, 7) is 2.36. The van der Waals surface area contributed by atoms with Gasteiger partial charge in [-0.25, -0.2) is 9.37 Å². The highest BCUT2D eigenvalue weighted by Gasteiger charge is 2.22. The number of piperidine rings is 1. The molecular weight excluding hydrogens is 319 g/mol. The predicted molar refractivity (Wildman–Crippen MR) is 98.1 cm³/mol. The van der Waals surface area contributed by atoms with Crippen LogP contribution in [-0.2, 0) is 7.05 Å². The van der Waals surface area contributed by atoms with E-state index >= 15 is 0 Å². The molecule has 132 valence electrons. The summed E-state index contributed by atoms with van der Waals surface area (Å²) >= 11 is 0. The normalized spacial score (nSPS) is 18.0. The van der Waals surface area contributed by atoms with Crippen molar-refractivity contribution in [3.05, 3.63) is 64.5 Å². The van der Waals surface area contributed by atoms with Gasteiger partial charge in [-0.05, 0) is 30.5 Å². The van der Waals surface area contributed by atoms with Crippen LogP contribution in [0.1, 0.15) is 18.4 Å². The number of benzene rings is 1. The topological polar surface area (TPSA) is 50.2 Å². The van der Waals surface area contributed by atoms with Gasteiger partial charge >= 0.3 is 0 Å². The van der Waals surface area contributed by atoms with Crippen LogP contribution in [0.3, 0.4) is 0 Å². The van der Waals surface area contributed by atoms with Crippen LogP contribution in [0.15, 0.2) is 47.5 Å². The second-order valence-corrected chi connectivity index (χ2v) is 6.31. The minimum Gasteiger partial charge on any atom is -0.350 e. The number of nitrogens with one attached hydrogen (secondary N) is 1. The fourth-order valence-electron chi connectivity index (χ4n) is 3.04. The van der Waals surface area contributed by atoms with E-state index in [0.29, 0.717) is 11.9 Å². The van der Waals surface area contributed by atoms with E-state index in [9.17, 15) is 9.18 Å². The molecule has 0 radical (unpaired) electrons. The highest BCUT2D eigenvalue weighted by Crippen LogP contribution is 2.14. The van der Waals surface area contributed by atoms with Crippen molar-refractivity contribution in [2.24, 2.45) is 7.05 Å². The summed E-state index contributed by atoms with van der Waals surface area (Å²) in [5.74, 6) is 0.302. The summed E-state index contributed by atoms with van der Waals surface area (Å²) in [7, 11) is 1.74. The summed E-state index contributed by atoms with van der Waals surface area (Å²) < 4.78 is 14.4. The van der Waals surface area contributed by atoms with Crippen molar-refractivity contribution in [3.8, 4) is 0 Å². The number of anilines is 1. The van der Waals surface area contributed by atoms with Gasteiger partial charge in [-0.2, -0.15) is 0 Å². The molecule has 1 saturated heterocycles. The Hall–Kier alpha value is -2.47. The molecule has 0 bridgehead atoms. The lowest BCUT2D eigenvalue weighted by molar-refractivity contribution is 0.435. The van der Waals surface area contributed by atoms with Crippen LogP contribution in [0.4, 0.5) is 10.2 Å². The van der Waals surface area contributed by atoms with E-state index in [1.54, 1.807) is 36.1 Å². The Labute approximate surface area is 146 Å². The maximum absolute atomic E-state index is 12.9. The molecule has 1 fully saturated rings. The van der Waals surface area contributed by atoms with Crippen molar-refractivity contribution >= 4 is 11.9 Å². The van der Waals surface area contributed by atoms with Crippen molar-refractivity contribution in [1.29, 1.82) is 0 Å². The first kappa shape index (κ1) is 17.4. The molecule has 0 amide bonds. The molecule has 0 spiro atoms. The lowest BCUT2D eigenvalue weighted by atomic mass is 10.1. The first-order valence-corrected chi connectivity index (χ1v) is 8.55. The summed E-state index contributed by atoms with van der Waals surface area (Å²) in [6, 6.07) is 6.74. The summed E-state index contributed by atoms with van der Waals surface area (Å²) in [6.07, 6.45) is 9.45. The Kier molecular flexibility index (Phi) is 5.60. The van der Waals surface area contributed by atoms with Crippen molar-refractivity contribution in [2.45, 2.75) is 18.9 Å². The SMILES string of the molecule is Cn1ccnc(N2CCCC(NC/C=C/c3ccc(F)cc3)C2)c1=O. The Bertz CT molecular complexity index is 785. The molecule has 1 aliphatic heterocycles. The minimum absolute atomic E-state index is 0.0562. The van der Waals surface area contributed by atoms with Gasteiger partial charge in [0.2, 0.25) is 0 Å². The highest BCUT2D eigenvalue weighted by molar-refractivity contribution is 5.49. The third kappa shape index (κ3) is 4.54. The Balaban J connectivity index is 1.54. The Morgan fingerprint density at radius 3 is 2.96 bits per heavy atom. The van der Waals surface area contributed by atoms with Gasteiger partial charge in [0.25, 0.3) is 5.56 Å². The molecule has 2 aromatic rings. The average Bonchev–Trinajstić information content (AvgIpc) is 2.63. The molecule has 0 aliphatic carbocycles. The van der Waals surface area contributed by atoms with Gasteiger partial charge in [0, 0.05) is 45.1 Å². The molecule has 1 unspecified atom stereocenters. The molecule has 1 aromatic heterocycles. The van der Waals surface area contributed by atoms with Crippen molar-refractivity contribution in [1.82, 2.24) is 14.9 Å². The Morgan fingerprint density at radius 1 is 1.36 bits per heavy atom. The minimum atomic E-state index is -0.224. The number of halogens is 1. The predicted octanol–water partition coefficient (Wildman–Crippen LogP) is 2.19. The zero-order valence-electron chi connectivity index (χ0n) is 14.4. The number of rotatable bonds is 5. The van der Waals surface area contributed by atoms with Crippen LogP contribution in [0.25, 0.3) is 6.08 Å². The summed E-state index contributed by atoms with van der Waals surface area (Å²) in [4.78, 5) is 18.5. The fraction of sp³-hybridized carbons (Fsp3) is 0.368. The lowest BCUT2D eigenvalue weighted by Crippen LogP contribution is -2.48. The zero-order valence-corrected chi connectivity index (χ0v) is 14.4. The van der Waals surface area contributed by atoms with Gasteiger partial charge in [-0.1, -0.05) is 24.3 Å². The number of hydrogen-bond donors (Lipinski definition) is 1. The van der Waals surface area contributed by atoms with Crippen molar-refractivity contribution in [3.63, 3.8) is 0 Å². The molecule has 1 N–H and O–H groups in total. The highest BCUT2D eigenvalue weighted by atomic mass is 19.1. The van der Waals surface area contributed by atoms with E-state index in [0.717, 1.165) is 38.0 Å². The third-order valence-electron chi connectivity index (χ3n) is 4.42. The number of nitrogens with zero attached hydrogens (tertiary/aromatic N) is 3. The number of hydrogen-bond acceptors (Lipinski definition) is 4. The zero-order chi connectivity index (χ0) is 17.6. The molecule has 25 heavy (non-hydrogen) atoms. The van der Waals surface area contributed by atoms with E-state index in [1.165, 1.54) is 12.1 Å². The number of aromatic nitrogens is 2. The average molecular weight is 342 g/mol. The molecule has 1 atom stereocenters. The van der Waals surface area contributed by atoms with Crippen molar-refractivity contribution in [2.75, 3.05) is 24.5 Å². The molecule has 3 rings (SSSR count). The van der Waals surface area contributed by atoms with Gasteiger partial charge in [0.05, 0.1) is 0 Å². The standard InChI is InChI=1S/C19H23FN4O/c1-23-13-11-22-18(19(23)25)24-12-3-5-17(14-24)21-10-2-4-15-6-8-16(20)9-7-15/h2,4,6-9,11,13,17,21H,3,5,10,12,14H2,1H3/b4-2+. The molecule has 6 heteroatoms. The van der Waals surface area contributed by atoms with Gasteiger partial charge in [-0.3, -0.25) is 4.79 Å². The van der Waals surface area contributed by atoms with Gasteiger partial charge in [0.1, 0.15) is 5.82 Å². The second kappa shape index (κ2) is 8.07. The number of aryl methyl sites for hydroxylation is 1. The van der Waals surface area contributed by atoms with Crippen molar-refractivity contribution < 1.29 is 4.39 Å². The van der Waals surface area contributed by atoms with Crippen LogP contribution in [0.2, 0.25) is 0 Å². The second-order valence-electron chi connectivity index (χ2n) is 6.31. The maximum Gasteiger partial charge on any atom is 0.293 e. The van der Waals surface area contributed by atoms with Crippen LogP contribution in [0, 0.1) is 5.82 Å². The van der Waals surface area contributed by atoms with Gasteiger partial charge in [-0.15, -0.1) is 0 Å². The van der Waals surface area contributed by atoms with Gasteiger partial charge < -0.3 is 14.8 Å². The molecule has 5 nitrogen and oxygen atoms in total. The van der Waals surface area contributed by atoms with Crippen LogP contribution >= 0.6 is 0 Å². The maximum atomic E-state index is 12.9. The third-order valence-corrected chi connectivity index (χ3v) is 4.42. The largest absolute Gasteiger partial charge is 0.350 e. The summed E-state index contributed by atoms with van der Waals surface area (Å²) in [5, 5.41) is 3.50. The quantitative estimate of drug-likeness (QED) is 0.905. The molecule has 1 aromatic carbocycles. The fourth-order valence-corrected chi connectivity index (χ4v) is 3.04. The smallest absolute Gasteiger partial charge is 0.293 e. The summed E-state index contributed by atoms with van der Waals surface area (Å²) in [5.41, 5.74) is 0.921. The van der Waals surface area contributed by atoms with E-state index in [4.69, 9.17) is 0 Å². The lowest BCUT2D eigenvalue weighted by Gasteiger charge is -2.33. The first-order valence-electron chi connectivity index (χ1n) is 8.55. The van der Waals surface area contributed by atoms with E-state index in [2.05, 4.69) is 15.2 Å². The van der Waals surface area contributed by atoms with Gasteiger partial charge in [0.15, 0.2) is 5.82 Å². The molecule has 0 saturated carbocycles. The van der Waals surface area contributed by atoms with Crippen LogP contribution < -0.4 is 15.8 Å². The van der Waals surface area contributed by atoms with E-state index < -0.39 is 0 Å². The van der Waals surface area contributed by atoms with E-state index in [1.807, 2.05) is 12.2 Å². The molecule has 2 heterocycles. The van der Waals surface area contributed by atoms with Crippen LogP contribution in [0.5, 0.6) is 0 Å². The molecular formula is C19H23FN4O. The monoisotopic (exact) mass is 342 g/mol.